The number of hydrogen-bond donors (Lipinski definition) is 0. The van der Waals surface area contributed by atoms with E-state index in [9.17, 15) is 9.59 Å². The number of ether oxygens (including phenoxy) is 1. The van der Waals surface area contributed by atoms with E-state index in [-0.39, 0.29) is 17.2 Å². The normalized spacial score (nSPS) is 47.7. The molecule has 4 fully saturated rings. The molecule has 0 bridgehead atoms. The lowest BCUT2D eigenvalue weighted by molar-refractivity contribution is -0.196. The fourth-order valence-corrected chi connectivity index (χ4v) is 9.31. The molecule has 0 heterocycles. The van der Waals surface area contributed by atoms with E-state index in [4.69, 9.17) is 4.74 Å². The predicted octanol–water partition coefficient (Wildman–Crippen LogP) is 6.19. The first-order valence-electron chi connectivity index (χ1n) is 12.3. The summed E-state index contributed by atoms with van der Waals surface area (Å²) in [5, 5.41) is 0. The first-order chi connectivity index (χ1) is 13.7. The van der Waals surface area contributed by atoms with Gasteiger partial charge >= 0.3 is 5.97 Å². The third-order valence-corrected chi connectivity index (χ3v) is 10.8. The molecule has 0 aliphatic heterocycles. The van der Waals surface area contributed by atoms with Crippen molar-refractivity contribution in [3.8, 4) is 0 Å². The van der Waals surface area contributed by atoms with Crippen LogP contribution in [-0.4, -0.2) is 18.9 Å². The van der Waals surface area contributed by atoms with E-state index in [0.717, 1.165) is 42.9 Å². The Kier molecular flexibility index (Phi) is 5.44. The second-order valence-corrected chi connectivity index (χ2v) is 11.6. The van der Waals surface area contributed by atoms with Gasteiger partial charge in [-0.25, -0.2) is 0 Å². The minimum absolute atomic E-state index is 0.0780. The Labute approximate surface area is 177 Å². The molecule has 4 aliphatic rings. The Hall–Kier alpha value is -0.860. The van der Waals surface area contributed by atoms with Gasteiger partial charge in [0.1, 0.15) is 5.78 Å². The van der Waals surface area contributed by atoms with Gasteiger partial charge in [0.25, 0.3) is 0 Å². The van der Waals surface area contributed by atoms with Crippen molar-refractivity contribution in [2.45, 2.75) is 98.3 Å². The lowest BCUT2D eigenvalue weighted by Gasteiger charge is -2.63. The summed E-state index contributed by atoms with van der Waals surface area (Å²) in [6.07, 6.45) is 11.8. The molecule has 0 aromatic rings. The van der Waals surface area contributed by atoms with Crippen LogP contribution in [0.25, 0.3) is 0 Å². The lowest BCUT2D eigenvalue weighted by Crippen LogP contribution is -2.61. The number of fused-ring (bicyclic) bond motifs is 5. The van der Waals surface area contributed by atoms with Crippen LogP contribution in [-0.2, 0) is 14.3 Å². The summed E-state index contributed by atoms with van der Waals surface area (Å²) in [5.74, 6) is 3.94. The summed E-state index contributed by atoms with van der Waals surface area (Å²) in [6.45, 7) is 9.76. The molecule has 8 atom stereocenters. The average Bonchev–Trinajstić information content (AvgIpc) is 3.05. The Bertz CT molecular complexity index is 671. The molecule has 1 unspecified atom stereocenters. The maximum atomic E-state index is 13.1. The van der Waals surface area contributed by atoms with Crippen molar-refractivity contribution in [2.75, 3.05) is 7.11 Å². The number of carbonyl (C=O) groups is 2. The summed E-state index contributed by atoms with van der Waals surface area (Å²) in [7, 11) is 1.51. The maximum Gasteiger partial charge on any atom is 0.312 e. The van der Waals surface area contributed by atoms with Gasteiger partial charge in [0, 0.05) is 12.8 Å². The highest BCUT2D eigenvalue weighted by atomic mass is 16.5. The van der Waals surface area contributed by atoms with Crippen LogP contribution in [0.3, 0.4) is 0 Å². The van der Waals surface area contributed by atoms with Crippen molar-refractivity contribution in [3.63, 3.8) is 0 Å². The molecule has 0 amide bonds. The summed E-state index contributed by atoms with van der Waals surface area (Å²) < 4.78 is 5.33. The molecular formula is C26H42O3. The zero-order chi connectivity index (χ0) is 21.0. The third-order valence-electron chi connectivity index (χ3n) is 10.8. The number of carbonyl (C=O) groups excluding carboxylic acids is 2. The van der Waals surface area contributed by atoms with Crippen molar-refractivity contribution in [1.82, 2.24) is 0 Å². The molecule has 4 rings (SSSR count). The van der Waals surface area contributed by atoms with Crippen LogP contribution in [0.15, 0.2) is 0 Å². The Balaban J connectivity index is 1.65. The van der Waals surface area contributed by atoms with Crippen molar-refractivity contribution >= 4 is 11.8 Å². The molecule has 0 spiro atoms. The molecule has 4 saturated carbocycles. The van der Waals surface area contributed by atoms with Gasteiger partial charge in [0.15, 0.2) is 0 Å². The number of Topliss-reactive ketones (excluding diaryl/α,β-unsaturated/α-hetero) is 1. The fourth-order valence-electron chi connectivity index (χ4n) is 9.31. The Morgan fingerprint density at radius 3 is 2.55 bits per heavy atom. The van der Waals surface area contributed by atoms with E-state index in [1.54, 1.807) is 0 Å². The molecule has 0 aromatic carbocycles. The highest BCUT2D eigenvalue weighted by molar-refractivity contribution is 5.89. The SMILES string of the molecule is CCC[C@@H](C)[C@H]1CC[C@H]2[C@@H]3CCC4(C(=O)OC)CC(=O)CC[C@]4(C)[C@H]3CC[C@]12C. The zero-order valence-corrected chi connectivity index (χ0v) is 19.4. The number of hydrogen-bond acceptors (Lipinski definition) is 3. The monoisotopic (exact) mass is 402 g/mol. The second kappa shape index (κ2) is 7.38. The molecule has 29 heavy (non-hydrogen) atoms. The van der Waals surface area contributed by atoms with E-state index in [1.807, 2.05) is 0 Å². The highest BCUT2D eigenvalue weighted by Gasteiger charge is 2.67. The number of ketones is 1. The third kappa shape index (κ3) is 2.88. The van der Waals surface area contributed by atoms with Gasteiger partial charge in [-0.2, -0.15) is 0 Å². The topological polar surface area (TPSA) is 43.4 Å². The average molecular weight is 403 g/mol. The molecule has 164 valence electrons. The second-order valence-electron chi connectivity index (χ2n) is 11.6. The van der Waals surface area contributed by atoms with Gasteiger partial charge in [0.05, 0.1) is 12.5 Å². The summed E-state index contributed by atoms with van der Waals surface area (Å²) in [5.41, 5.74) is -0.174. The quantitative estimate of drug-likeness (QED) is 0.526. The van der Waals surface area contributed by atoms with Crippen LogP contribution < -0.4 is 0 Å². The van der Waals surface area contributed by atoms with Gasteiger partial charge < -0.3 is 4.74 Å². The van der Waals surface area contributed by atoms with E-state index >= 15 is 0 Å². The van der Waals surface area contributed by atoms with Crippen LogP contribution in [0.5, 0.6) is 0 Å². The van der Waals surface area contributed by atoms with Crippen LogP contribution >= 0.6 is 0 Å². The molecule has 0 radical (unpaired) electrons. The highest BCUT2D eigenvalue weighted by Crippen LogP contribution is 2.71. The predicted molar refractivity (Wildman–Crippen MR) is 115 cm³/mol. The van der Waals surface area contributed by atoms with Gasteiger partial charge in [-0.05, 0) is 85.4 Å². The van der Waals surface area contributed by atoms with Crippen molar-refractivity contribution < 1.29 is 14.3 Å². The van der Waals surface area contributed by atoms with Crippen LogP contribution in [0.2, 0.25) is 0 Å². The van der Waals surface area contributed by atoms with E-state index in [2.05, 4.69) is 27.7 Å². The van der Waals surface area contributed by atoms with Gasteiger partial charge in [0.2, 0.25) is 0 Å². The van der Waals surface area contributed by atoms with Crippen molar-refractivity contribution in [2.24, 2.45) is 45.8 Å². The van der Waals surface area contributed by atoms with E-state index in [1.165, 1.54) is 45.6 Å². The maximum absolute atomic E-state index is 13.1. The minimum atomic E-state index is -0.570. The molecule has 0 saturated heterocycles. The van der Waals surface area contributed by atoms with Crippen LogP contribution in [0.1, 0.15) is 98.3 Å². The molecular weight excluding hydrogens is 360 g/mol. The van der Waals surface area contributed by atoms with Gasteiger partial charge in [-0.3, -0.25) is 9.59 Å². The largest absolute Gasteiger partial charge is 0.469 e. The van der Waals surface area contributed by atoms with Crippen molar-refractivity contribution in [3.05, 3.63) is 0 Å². The Morgan fingerprint density at radius 2 is 1.86 bits per heavy atom. The summed E-state index contributed by atoms with van der Waals surface area (Å²) >= 11 is 0. The Morgan fingerprint density at radius 1 is 1.10 bits per heavy atom. The molecule has 0 N–H and O–H groups in total. The molecule has 3 nitrogen and oxygen atoms in total. The van der Waals surface area contributed by atoms with Gasteiger partial charge in [-0.1, -0.05) is 40.5 Å². The number of esters is 1. The minimum Gasteiger partial charge on any atom is -0.469 e. The van der Waals surface area contributed by atoms with E-state index < -0.39 is 5.41 Å². The first kappa shape index (κ1) is 21.4. The van der Waals surface area contributed by atoms with Gasteiger partial charge in [-0.15, -0.1) is 0 Å². The smallest absolute Gasteiger partial charge is 0.312 e. The van der Waals surface area contributed by atoms with Crippen molar-refractivity contribution in [1.29, 1.82) is 0 Å². The number of rotatable bonds is 4. The molecule has 4 aliphatic carbocycles. The van der Waals surface area contributed by atoms with Crippen LogP contribution in [0, 0.1) is 45.8 Å². The molecule has 0 aromatic heterocycles. The first-order valence-corrected chi connectivity index (χ1v) is 12.3. The summed E-state index contributed by atoms with van der Waals surface area (Å²) in [6, 6.07) is 0. The van der Waals surface area contributed by atoms with E-state index in [0.29, 0.717) is 24.2 Å². The fraction of sp³-hybridized carbons (Fsp3) is 0.923. The molecule has 3 heteroatoms. The summed E-state index contributed by atoms with van der Waals surface area (Å²) in [4.78, 5) is 25.5. The standard InChI is InChI=1S/C26H42O3/c1-6-7-17(2)20-8-9-21-19-11-15-26(23(28)29-5)16-18(27)10-14-25(26,4)22(19)12-13-24(20,21)3/h17,19-22H,6-16H2,1-5H3/t17-,19+,20-,21+,22+,24-,25-,26?/m1/s1. The lowest BCUT2D eigenvalue weighted by atomic mass is 9.40. The number of methoxy groups -OCH3 is 1. The van der Waals surface area contributed by atoms with Crippen LogP contribution in [0.4, 0.5) is 0 Å². The zero-order valence-electron chi connectivity index (χ0n) is 19.4.